The molecule has 0 radical (unpaired) electrons. The van der Waals surface area contributed by atoms with E-state index in [0.29, 0.717) is 23.4 Å². The predicted molar refractivity (Wildman–Crippen MR) is 79.3 cm³/mol. The van der Waals surface area contributed by atoms with Gasteiger partial charge in [0.15, 0.2) is 0 Å². The summed E-state index contributed by atoms with van der Waals surface area (Å²) in [7, 11) is 0. The molecule has 1 nitrogen and oxygen atoms in total. The van der Waals surface area contributed by atoms with Gasteiger partial charge in [-0.3, -0.25) is 0 Å². The molecule has 1 aliphatic rings. The van der Waals surface area contributed by atoms with Crippen LogP contribution >= 0.6 is 11.6 Å². The van der Waals surface area contributed by atoms with Crippen LogP contribution in [0.5, 0.6) is 0 Å². The van der Waals surface area contributed by atoms with Gasteiger partial charge >= 0.3 is 0 Å². The number of rotatable bonds is 3. The highest BCUT2D eigenvalue weighted by Gasteiger charge is 2.33. The molecular weight excluding hydrogens is 242 g/mol. The van der Waals surface area contributed by atoms with Crippen LogP contribution in [0.2, 0.25) is 5.02 Å². The third-order valence-electron chi connectivity index (χ3n) is 4.24. The summed E-state index contributed by atoms with van der Waals surface area (Å²) in [6.07, 6.45) is 2.47. The summed E-state index contributed by atoms with van der Waals surface area (Å²) in [5.74, 6) is 0.688. The van der Waals surface area contributed by atoms with E-state index in [1.807, 2.05) is 6.07 Å². The molecule has 0 spiro atoms. The zero-order valence-corrected chi connectivity index (χ0v) is 12.6. The van der Waals surface area contributed by atoms with Crippen molar-refractivity contribution < 1.29 is 0 Å². The molecule has 0 saturated heterocycles. The zero-order chi connectivity index (χ0) is 13.3. The molecule has 2 heteroatoms. The van der Waals surface area contributed by atoms with Crippen LogP contribution in [0.3, 0.4) is 0 Å². The maximum absolute atomic E-state index is 6.03. The molecule has 1 N–H and O–H groups in total. The quantitative estimate of drug-likeness (QED) is 0.842. The minimum atomic E-state index is 0.334. The van der Waals surface area contributed by atoms with Crippen molar-refractivity contribution in [1.29, 1.82) is 0 Å². The fourth-order valence-corrected chi connectivity index (χ4v) is 2.59. The molecule has 1 aliphatic carbocycles. The Morgan fingerprint density at radius 1 is 1.28 bits per heavy atom. The Labute approximate surface area is 116 Å². The molecule has 1 aromatic carbocycles. The number of hydrogen-bond acceptors (Lipinski definition) is 1. The van der Waals surface area contributed by atoms with Gasteiger partial charge in [0.1, 0.15) is 0 Å². The van der Waals surface area contributed by atoms with E-state index in [1.165, 1.54) is 18.4 Å². The predicted octanol–water partition coefficient (Wildman–Crippen LogP) is 4.61. The van der Waals surface area contributed by atoms with Crippen LogP contribution in [-0.4, -0.2) is 12.1 Å². The third-order valence-corrected chi connectivity index (χ3v) is 4.48. The molecule has 18 heavy (non-hydrogen) atoms. The highest BCUT2D eigenvalue weighted by atomic mass is 35.5. The van der Waals surface area contributed by atoms with Crippen LogP contribution in [-0.2, 0) is 0 Å². The Hall–Kier alpha value is -0.530. The lowest BCUT2D eigenvalue weighted by molar-refractivity contribution is 0.203. The van der Waals surface area contributed by atoms with Gasteiger partial charge in [0, 0.05) is 17.1 Å². The van der Waals surface area contributed by atoms with E-state index in [9.17, 15) is 0 Å². The second kappa shape index (κ2) is 5.22. The summed E-state index contributed by atoms with van der Waals surface area (Å²) in [5.41, 5.74) is 1.73. The van der Waals surface area contributed by atoms with Crippen molar-refractivity contribution in [2.45, 2.75) is 58.5 Å². The number of nitrogens with one attached hydrogen (secondary N) is 1. The highest BCUT2D eigenvalue weighted by Crippen LogP contribution is 2.38. The monoisotopic (exact) mass is 265 g/mol. The number of benzene rings is 1. The first kappa shape index (κ1) is 13.9. The Bertz CT molecular complexity index is 402. The molecule has 1 saturated carbocycles. The first-order chi connectivity index (χ1) is 8.36. The van der Waals surface area contributed by atoms with Crippen LogP contribution in [0.1, 0.15) is 52.0 Å². The van der Waals surface area contributed by atoms with Crippen molar-refractivity contribution in [3.05, 3.63) is 34.9 Å². The molecule has 0 bridgehead atoms. The Morgan fingerprint density at radius 3 is 2.50 bits per heavy atom. The standard InChI is InChI=1S/C16H24ClN/c1-11(16(2,3)4)18-15-9-13(10-15)12-6-5-7-14(17)8-12/h5-8,11,13,15,18H,9-10H2,1-4H3. The Morgan fingerprint density at radius 2 is 1.94 bits per heavy atom. The van der Waals surface area contributed by atoms with Crippen LogP contribution in [0.25, 0.3) is 0 Å². The SMILES string of the molecule is CC(NC1CC(c2cccc(Cl)c2)C1)C(C)(C)C. The first-order valence-electron chi connectivity index (χ1n) is 6.88. The molecular formula is C16H24ClN. The molecule has 1 atom stereocenters. The second-order valence-electron chi connectivity index (χ2n) is 6.67. The van der Waals surface area contributed by atoms with Crippen molar-refractivity contribution in [1.82, 2.24) is 5.32 Å². The lowest BCUT2D eigenvalue weighted by atomic mass is 9.74. The van der Waals surface area contributed by atoms with E-state index in [4.69, 9.17) is 11.6 Å². The minimum Gasteiger partial charge on any atom is -0.311 e. The van der Waals surface area contributed by atoms with Crippen molar-refractivity contribution in [3.8, 4) is 0 Å². The Balaban J connectivity index is 1.84. The van der Waals surface area contributed by atoms with Gasteiger partial charge in [0.05, 0.1) is 0 Å². The van der Waals surface area contributed by atoms with Crippen molar-refractivity contribution >= 4 is 11.6 Å². The maximum atomic E-state index is 6.03. The molecule has 100 valence electrons. The summed E-state index contributed by atoms with van der Waals surface area (Å²) in [6.45, 7) is 9.15. The number of hydrogen-bond donors (Lipinski definition) is 1. The summed E-state index contributed by atoms with van der Waals surface area (Å²) >= 11 is 6.03. The van der Waals surface area contributed by atoms with E-state index in [-0.39, 0.29) is 0 Å². The van der Waals surface area contributed by atoms with Crippen LogP contribution in [0.15, 0.2) is 24.3 Å². The van der Waals surface area contributed by atoms with Gasteiger partial charge in [-0.05, 0) is 48.8 Å². The van der Waals surface area contributed by atoms with Crippen LogP contribution in [0, 0.1) is 5.41 Å². The van der Waals surface area contributed by atoms with Gasteiger partial charge in [-0.1, -0.05) is 44.5 Å². The summed E-state index contributed by atoms with van der Waals surface area (Å²) in [4.78, 5) is 0. The van der Waals surface area contributed by atoms with Crippen LogP contribution in [0.4, 0.5) is 0 Å². The van der Waals surface area contributed by atoms with Gasteiger partial charge in [0.2, 0.25) is 0 Å². The smallest absolute Gasteiger partial charge is 0.0408 e. The molecule has 0 heterocycles. The number of halogens is 1. The average molecular weight is 266 g/mol. The largest absolute Gasteiger partial charge is 0.311 e. The van der Waals surface area contributed by atoms with Crippen molar-refractivity contribution in [3.63, 3.8) is 0 Å². The van der Waals surface area contributed by atoms with Gasteiger partial charge < -0.3 is 5.32 Å². The first-order valence-corrected chi connectivity index (χ1v) is 7.25. The van der Waals surface area contributed by atoms with E-state index < -0.39 is 0 Å². The summed E-state index contributed by atoms with van der Waals surface area (Å²) in [5, 5.41) is 4.59. The molecule has 0 amide bonds. The maximum Gasteiger partial charge on any atom is 0.0408 e. The molecule has 0 aliphatic heterocycles. The van der Waals surface area contributed by atoms with E-state index in [0.717, 1.165) is 5.02 Å². The normalized spacial score (nSPS) is 25.6. The second-order valence-corrected chi connectivity index (χ2v) is 7.11. The fraction of sp³-hybridized carbons (Fsp3) is 0.625. The average Bonchev–Trinajstić information content (AvgIpc) is 2.20. The molecule has 1 fully saturated rings. The highest BCUT2D eigenvalue weighted by molar-refractivity contribution is 6.30. The molecule has 1 unspecified atom stereocenters. The van der Waals surface area contributed by atoms with Gasteiger partial charge in [-0.25, -0.2) is 0 Å². The van der Waals surface area contributed by atoms with Gasteiger partial charge in [-0.2, -0.15) is 0 Å². The zero-order valence-electron chi connectivity index (χ0n) is 11.8. The van der Waals surface area contributed by atoms with E-state index in [2.05, 4.69) is 51.2 Å². The van der Waals surface area contributed by atoms with Gasteiger partial charge in [0.25, 0.3) is 0 Å². The Kier molecular flexibility index (Phi) is 4.03. The van der Waals surface area contributed by atoms with Crippen LogP contribution < -0.4 is 5.32 Å². The van der Waals surface area contributed by atoms with E-state index >= 15 is 0 Å². The summed E-state index contributed by atoms with van der Waals surface area (Å²) < 4.78 is 0. The van der Waals surface area contributed by atoms with Crippen molar-refractivity contribution in [2.24, 2.45) is 5.41 Å². The lowest BCUT2D eigenvalue weighted by Crippen LogP contribution is -2.49. The summed E-state index contributed by atoms with van der Waals surface area (Å²) in [6, 6.07) is 9.53. The molecule has 0 aromatic heterocycles. The van der Waals surface area contributed by atoms with Crippen molar-refractivity contribution in [2.75, 3.05) is 0 Å². The fourth-order valence-electron chi connectivity index (χ4n) is 2.39. The molecule has 2 rings (SSSR count). The lowest BCUT2D eigenvalue weighted by Gasteiger charge is -2.41. The third kappa shape index (κ3) is 3.27. The minimum absolute atomic E-state index is 0.334. The molecule has 1 aromatic rings. The van der Waals surface area contributed by atoms with E-state index in [1.54, 1.807) is 0 Å². The topological polar surface area (TPSA) is 12.0 Å². The van der Waals surface area contributed by atoms with Gasteiger partial charge in [-0.15, -0.1) is 0 Å².